The van der Waals surface area contributed by atoms with E-state index in [-0.39, 0.29) is 23.5 Å². The molecule has 1 aromatic heterocycles. The topological polar surface area (TPSA) is 62.3 Å². The number of aromatic nitrogens is 1. The number of halogens is 1. The average Bonchev–Trinajstić information content (AvgIpc) is 2.26. The lowest BCUT2D eigenvalue weighted by molar-refractivity contribution is -0.121. The summed E-state index contributed by atoms with van der Waals surface area (Å²) in [5, 5.41) is 2.90. The number of rotatable bonds is 4. The van der Waals surface area contributed by atoms with E-state index in [4.69, 9.17) is 11.6 Å². The zero-order valence-corrected chi connectivity index (χ0v) is 11.4. The summed E-state index contributed by atoms with van der Waals surface area (Å²) < 4.78 is 0. The number of hydrogen-bond donors (Lipinski definition) is 1. The Balaban J connectivity index is 2.77. The molecule has 0 spiro atoms. The number of carbonyl (C=O) groups excluding carboxylic acids is 2. The van der Waals surface area contributed by atoms with Gasteiger partial charge in [0, 0.05) is 24.8 Å². The summed E-state index contributed by atoms with van der Waals surface area (Å²) in [6.45, 7) is 4.14. The van der Waals surface area contributed by atoms with Crippen LogP contribution in [-0.4, -0.2) is 41.8 Å². The highest BCUT2D eigenvalue weighted by Gasteiger charge is 2.15. The van der Waals surface area contributed by atoms with Crippen LogP contribution in [0.3, 0.4) is 0 Å². The molecule has 6 heteroatoms. The average molecular weight is 270 g/mol. The van der Waals surface area contributed by atoms with Crippen LogP contribution in [-0.2, 0) is 4.79 Å². The molecule has 1 aromatic rings. The Kier molecular flexibility index (Phi) is 5.09. The molecule has 1 heterocycles. The van der Waals surface area contributed by atoms with Gasteiger partial charge in [-0.25, -0.2) is 4.98 Å². The smallest absolute Gasteiger partial charge is 0.254 e. The van der Waals surface area contributed by atoms with Gasteiger partial charge in [0.2, 0.25) is 5.91 Å². The highest BCUT2D eigenvalue weighted by Crippen LogP contribution is 2.12. The number of aryl methyl sites for hydroxylation is 1. The van der Waals surface area contributed by atoms with Gasteiger partial charge in [-0.15, -0.1) is 0 Å². The van der Waals surface area contributed by atoms with Gasteiger partial charge in [-0.1, -0.05) is 11.6 Å². The maximum Gasteiger partial charge on any atom is 0.254 e. The van der Waals surface area contributed by atoms with Gasteiger partial charge in [0.05, 0.1) is 6.54 Å². The van der Waals surface area contributed by atoms with E-state index in [1.807, 2.05) is 6.92 Å². The molecule has 5 nitrogen and oxygen atoms in total. The zero-order chi connectivity index (χ0) is 13.7. The second-order valence-electron chi connectivity index (χ2n) is 3.93. The molecule has 2 amide bonds. The summed E-state index contributed by atoms with van der Waals surface area (Å²) in [6, 6.07) is 3.13. The van der Waals surface area contributed by atoms with E-state index in [0.29, 0.717) is 17.8 Å². The first-order valence-corrected chi connectivity index (χ1v) is 5.98. The number of hydrogen-bond acceptors (Lipinski definition) is 3. The van der Waals surface area contributed by atoms with Crippen molar-refractivity contribution in [2.45, 2.75) is 13.8 Å². The molecule has 0 aliphatic carbocycles. The molecule has 0 radical (unpaired) electrons. The van der Waals surface area contributed by atoms with Gasteiger partial charge in [-0.05, 0) is 26.0 Å². The van der Waals surface area contributed by atoms with Crippen molar-refractivity contribution in [1.29, 1.82) is 0 Å². The molecule has 18 heavy (non-hydrogen) atoms. The van der Waals surface area contributed by atoms with Crippen LogP contribution in [0.25, 0.3) is 0 Å². The van der Waals surface area contributed by atoms with Crippen molar-refractivity contribution >= 4 is 23.4 Å². The summed E-state index contributed by atoms with van der Waals surface area (Å²) in [7, 11) is 1.57. The Morgan fingerprint density at radius 2 is 2.11 bits per heavy atom. The standard InChI is InChI=1S/C12H16ClN3O2/c1-4-14-11(17)7-16(3)12(18)9-5-8(2)15-10(13)6-9/h5-6H,4,7H2,1-3H3,(H,14,17). The number of nitrogens with zero attached hydrogens (tertiary/aromatic N) is 2. The fourth-order valence-electron chi connectivity index (χ4n) is 1.51. The number of likely N-dealkylation sites (N-methyl/N-ethyl adjacent to an activating group) is 2. The Labute approximate surface area is 111 Å². The molecule has 1 rings (SSSR count). The maximum atomic E-state index is 12.0. The molecule has 0 atom stereocenters. The largest absolute Gasteiger partial charge is 0.355 e. The Morgan fingerprint density at radius 3 is 2.67 bits per heavy atom. The summed E-state index contributed by atoms with van der Waals surface area (Å²) >= 11 is 5.79. The maximum absolute atomic E-state index is 12.0. The molecule has 0 aliphatic rings. The summed E-state index contributed by atoms with van der Waals surface area (Å²) in [4.78, 5) is 28.8. The molecule has 98 valence electrons. The van der Waals surface area contributed by atoms with E-state index < -0.39 is 0 Å². The lowest BCUT2D eigenvalue weighted by Crippen LogP contribution is -2.38. The minimum Gasteiger partial charge on any atom is -0.355 e. The molecule has 0 aliphatic heterocycles. The first kappa shape index (κ1) is 14.4. The predicted octanol–water partition coefficient (Wildman–Crippen LogP) is 1.25. The minimum atomic E-state index is -0.256. The molecular weight excluding hydrogens is 254 g/mol. The second-order valence-corrected chi connectivity index (χ2v) is 4.32. The molecule has 0 saturated carbocycles. The third-order valence-electron chi connectivity index (χ3n) is 2.27. The van der Waals surface area contributed by atoms with Gasteiger partial charge in [-0.2, -0.15) is 0 Å². The molecule has 0 fully saturated rings. The first-order valence-electron chi connectivity index (χ1n) is 5.60. The number of carbonyl (C=O) groups is 2. The SMILES string of the molecule is CCNC(=O)CN(C)C(=O)c1cc(C)nc(Cl)c1. The second kappa shape index (κ2) is 6.35. The Hall–Kier alpha value is -1.62. The molecule has 0 saturated heterocycles. The van der Waals surface area contributed by atoms with Gasteiger partial charge in [0.25, 0.3) is 5.91 Å². The first-order chi connectivity index (χ1) is 8.43. The molecular formula is C12H16ClN3O2. The van der Waals surface area contributed by atoms with Crippen LogP contribution in [0.1, 0.15) is 23.0 Å². The predicted molar refractivity (Wildman–Crippen MR) is 69.6 cm³/mol. The highest BCUT2D eigenvalue weighted by atomic mass is 35.5. The van der Waals surface area contributed by atoms with Crippen molar-refractivity contribution < 1.29 is 9.59 Å². The van der Waals surface area contributed by atoms with Gasteiger partial charge in [-0.3, -0.25) is 9.59 Å². The molecule has 0 aromatic carbocycles. The fourth-order valence-corrected chi connectivity index (χ4v) is 1.76. The minimum absolute atomic E-state index is 0.0195. The fraction of sp³-hybridized carbons (Fsp3) is 0.417. The van der Waals surface area contributed by atoms with Crippen molar-refractivity contribution in [2.24, 2.45) is 0 Å². The third-order valence-corrected chi connectivity index (χ3v) is 2.46. The summed E-state index contributed by atoms with van der Waals surface area (Å²) in [5.41, 5.74) is 1.09. The van der Waals surface area contributed by atoms with Gasteiger partial charge >= 0.3 is 0 Å². The zero-order valence-electron chi connectivity index (χ0n) is 10.7. The van der Waals surface area contributed by atoms with Crippen LogP contribution in [0.2, 0.25) is 5.15 Å². The lowest BCUT2D eigenvalue weighted by Gasteiger charge is -2.16. The summed E-state index contributed by atoms with van der Waals surface area (Å²) in [5.74, 6) is -0.445. The Morgan fingerprint density at radius 1 is 1.44 bits per heavy atom. The summed E-state index contributed by atoms with van der Waals surface area (Å²) in [6.07, 6.45) is 0. The third kappa shape index (κ3) is 4.00. The van der Waals surface area contributed by atoms with Crippen LogP contribution in [0.15, 0.2) is 12.1 Å². The van der Waals surface area contributed by atoms with Crippen LogP contribution in [0, 0.1) is 6.92 Å². The van der Waals surface area contributed by atoms with Crippen LogP contribution >= 0.6 is 11.6 Å². The molecule has 0 bridgehead atoms. The van der Waals surface area contributed by atoms with Crippen LogP contribution < -0.4 is 5.32 Å². The van der Waals surface area contributed by atoms with E-state index in [1.54, 1.807) is 20.0 Å². The number of nitrogens with one attached hydrogen (secondary N) is 1. The highest BCUT2D eigenvalue weighted by molar-refractivity contribution is 6.29. The van der Waals surface area contributed by atoms with E-state index in [9.17, 15) is 9.59 Å². The Bertz CT molecular complexity index is 442. The quantitative estimate of drug-likeness (QED) is 0.837. The molecule has 1 N–H and O–H groups in total. The lowest BCUT2D eigenvalue weighted by atomic mass is 10.2. The van der Waals surface area contributed by atoms with E-state index >= 15 is 0 Å². The van der Waals surface area contributed by atoms with Gasteiger partial charge in [0.15, 0.2) is 0 Å². The van der Waals surface area contributed by atoms with Crippen molar-refractivity contribution in [3.8, 4) is 0 Å². The van der Waals surface area contributed by atoms with Crippen molar-refractivity contribution in [1.82, 2.24) is 15.2 Å². The van der Waals surface area contributed by atoms with Crippen molar-refractivity contribution in [2.75, 3.05) is 20.1 Å². The van der Waals surface area contributed by atoms with E-state index in [2.05, 4.69) is 10.3 Å². The van der Waals surface area contributed by atoms with Crippen molar-refractivity contribution in [3.63, 3.8) is 0 Å². The van der Waals surface area contributed by atoms with Crippen LogP contribution in [0.4, 0.5) is 0 Å². The number of amides is 2. The van der Waals surface area contributed by atoms with Gasteiger partial charge < -0.3 is 10.2 Å². The monoisotopic (exact) mass is 269 g/mol. The van der Waals surface area contributed by atoms with Crippen molar-refractivity contribution in [3.05, 3.63) is 28.5 Å². The van der Waals surface area contributed by atoms with E-state index in [0.717, 1.165) is 0 Å². The number of pyridine rings is 1. The van der Waals surface area contributed by atoms with E-state index in [1.165, 1.54) is 11.0 Å². The molecule has 0 unspecified atom stereocenters. The normalized spacial score (nSPS) is 10.0. The van der Waals surface area contributed by atoms with Gasteiger partial charge in [0.1, 0.15) is 5.15 Å². The van der Waals surface area contributed by atoms with Crippen LogP contribution in [0.5, 0.6) is 0 Å².